The number of benzene rings is 1. The number of carbonyl (C=O) groups excluding carboxylic acids is 2. The summed E-state index contributed by atoms with van der Waals surface area (Å²) in [6, 6.07) is 5.70. The molecule has 1 aliphatic heterocycles. The van der Waals surface area contributed by atoms with Crippen LogP contribution in [0.2, 0.25) is 0 Å². The molecule has 9 heteroatoms. The number of H-pyrrole nitrogens is 1. The van der Waals surface area contributed by atoms with Crippen molar-refractivity contribution in [3.63, 3.8) is 0 Å². The van der Waals surface area contributed by atoms with Gasteiger partial charge < -0.3 is 29.2 Å². The SMILES string of the molecule is COC(=O)c1c(C)[nH]c(C(=O)NCC(c2ccc(OC)c(OC)c2)N2CCOCC2)c1C. The molecule has 1 aromatic heterocycles. The molecule has 0 saturated carbocycles. The summed E-state index contributed by atoms with van der Waals surface area (Å²) in [6.45, 7) is 6.63. The highest BCUT2D eigenvalue weighted by Gasteiger charge is 2.26. The van der Waals surface area contributed by atoms with Crippen molar-refractivity contribution in [3.8, 4) is 11.5 Å². The molecular formula is C23H31N3O6. The molecule has 1 amide bonds. The lowest BCUT2D eigenvalue weighted by atomic mass is 10.0. The van der Waals surface area contributed by atoms with Gasteiger partial charge in [0.1, 0.15) is 5.69 Å². The maximum Gasteiger partial charge on any atom is 0.339 e. The number of rotatable bonds is 8. The fraction of sp³-hybridized carbons (Fsp3) is 0.478. The lowest BCUT2D eigenvalue weighted by Crippen LogP contribution is -2.44. The number of esters is 1. The Balaban J connectivity index is 1.83. The van der Waals surface area contributed by atoms with Gasteiger partial charge in [-0.15, -0.1) is 0 Å². The summed E-state index contributed by atoms with van der Waals surface area (Å²) in [5.74, 6) is 0.535. The number of aromatic amines is 1. The third-order valence-corrected chi connectivity index (χ3v) is 5.79. The minimum atomic E-state index is -0.466. The van der Waals surface area contributed by atoms with Crippen molar-refractivity contribution < 1.29 is 28.5 Å². The fourth-order valence-corrected chi connectivity index (χ4v) is 4.07. The normalized spacial score (nSPS) is 15.2. The monoisotopic (exact) mass is 445 g/mol. The first-order valence-corrected chi connectivity index (χ1v) is 10.5. The van der Waals surface area contributed by atoms with E-state index in [9.17, 15) is 9.59 Å². The summed E-state index contributed by atoms with van der Waals surface area (Å²) in [5.41, 5.74) is 2.92. The molecule has 1 unspecified atom stereocenters. The number of nitrogens with zero attached hydrogens (tertiary/aromatic N) is 1. The lowest BCUT2D eigenvalue weighted by molar-refractivity contribution is 0.0161. The van der Waals surface area contributed by atoms with E-state index in [4.69, 9.17) is 18.9 Å². The molecule has 0 radical (unpaired) electrons. The number of carbonyl (C=O) groups is 2. The van der Waals surface area contributed by atoms with Crippen LogP contribution in [0.3, 0.4) is 0 Å². The van der Waals surface area contributed by atoms with Gasteiger partial charge in [0.25, 0.3) is 5.91 Å². The quantitative estimate of drug-likeness (QED) is 0.601. The van der Waals surface area contributed by atoms with Gasteiger partial charge in [0.2, 0.25) is 0 Å². The smallest absolute Gasteiger partial charge is 0.339 e. The van der Waals surface area contributed by atoms with Crippen LogP contribution in [-0.4, -0.2) is 75.9 Å². The minimum Gasteiger partial charge on any atom is -0.493 e. The van der Waals surface area contributed by atoms with E-state index >= 15 is 0 Å². The Morgan fingerprint density at radius 2 is 1.81 bits per heavy atom. The molecule has 1 aromatic carbocycles. The van der Waals surface area contributed by atoms with Crippen molar-refractivity contribution in [1.29, 1.82) is 0 Å². The number of hydrogen-bond donors (Lipinski definition) is 2. The van der Waals surface area contributed by atoms with Crippen LogP contribution in [0.1, 0.15) is 43.7 Å². The molecule has 174 valence electrons. The second-order valence-corrected chi connectivity index (χ2v) is 7.61. The molecule has 2 N–H and O–H groups in total. The van der Waals surface area contributed by atoms with Crippen LogP contribution in [0.25, 0.3) is 0 Å². The van der Waals surface area contributed by atoms with Gasteiger partial charge in [-0.25, -0.2) is 4.79 Å². The molecule has 1 aliphatic rings. The second kappa shape index (κ2) is 10.5. The van der Waals surface area contributed by atoms with Crippen molar-refractivity contribution in [2.24, 2.45) is 0 Å². The number of amides is 1. The first kappa shape index (κ1) is 23.6. The molecule has 2 aromatic rings. The Morgan fingerprint density at radius 1 is 1.12 bits per heavy atom. The standard InChI is InChI=1S/C23H31N3O6/c1-14-20(23(28)31-5)15(2)25-21(14)22(27)24-13-17(26-8-10-32-11-9-26)16-6-7-18(29-3)19(12-16)30-4/h6-7,12,17,25H,8-11,13H2,1-5H3,(H,24,27). The highest BCUT2D eigenvalue weighted by molar-refractivity contribution is 6.00. The molecule has 9 nitrogen and oxygen atoms in total. The van der Waals surface area contributed by atoms with Gasteiger partial charge in [0.15, 0.2) is 11.5 Å². The predicted octanol–water partition coefficient (Wildman–Crippen LogP) is 2.24. The van der Waals surface area contributed by atoms with Crippen LogP contribution >= 0.6 is 0 Å². The zero-order chi connectivity index (χ0) is 23.3. The summed E-state index contributed by atoms with van der Waals surface area (Å²) in [7, 11) is 4.52. The molecule has 0 spiro atoms. The molecule has 3 rings (SSSR count). The van der Waals surface area contributed by atoms with Crippen LogP contribution < -0.4 is 14.8 Å². The zero-order valence-electron chi connectivity index (χ0n) is 19.2. The first-order valence-electron chi connectivity index (χ1n) is 10.5. The van der Waals surface area contributed by atoms with Gasteiger partial charge in [0.05, 0.1) is 46.1 Å². The van der Waals surface area contributed by atoms with Crippen molar-refractivity contribution >= 4 is 11.9 Å². The summed E-state index contributed by atoms with van der Waals surface area (Å²) in [6.07, 6.45) is 0. The number of nitrogens with one attached hydrogen (secondary N) is 2. The third-order valence-electron chi connectivity index (χ3n) is 5.79. The van der Waals surface area contributed by atoms with E-state index in [-0.39, 0.29) is 11.9 Å². The summed E-state index contributed by atoms with van der Waals surface area (Å²) >= 11 is 0. The van der Waals surface area contributed by atoms with E-state index in [2.05, 4.69) is 15.2 Å². The molecule has 0 aliphatic carbocycles. The van der Waals surface area contributed by atoms with E-state index < -0.39 is 5.97 Å². The van der Waals surface area contributed by atoms with E-state index in [1.54, 1.807) is 28.1 Å². The topological polar surface area (TPSA) is 102 Å². The molecule has 0 bridgehead atoms. The van der Waals surface area contributed by atoms with Gasteiger partial charge in [-0.3, -0.25) is 9.69 Å². The van der Waals surface area contributed by atoms with Crippen LogP contribution in [0.4, 0.5) is 0 Å². The number of hydrogen-bond acceptors (Lipinski definition) is 7. The van der Waals surface area contributed by atoms with Gasteiger partial charge in [0, 0.05) is 25.3 Å². The molecule has 1 saturated heterocycles. The van der Waals surface area contributed by atoms with Crippen LogP contribution in [0.5, 0.6) is 11.5 Å². The van der Waals surface area contributed by atoms with E-state index in [0.29, 0.717) is 53.8 Å². The molecule has 1 atom stereocenters. The number of ether oxygens (including phenoxy) is 4. The summed E-state index contributed by atoms with van der Waals surface area (Å²) in [4.78, 5) is 30.3. The van der Waals surface area contributed by atoms with Crippen molar-refractivity contribution in [3.05, 3.63) is 46.3 Å². The van der Waals surface area contributed by atoms with E-state index in [1.165, 1.54) is 7.11 Å². The Hall–Kier alpha value is -3.04. The van der Waals surface area contributed by atoms with Crippen LogP contribution in [0, 0.1) is 13.8 Å². The van der Waals surface area contributed by atoms with Gasteiger partial charge in [-0.1, -0.05) is 6.07 Å². The van der Waals surface area contributed by atoms with Crippen LogP contribution in [0.15, 0.2) is 18.2 Å². The largest absolute Gasteiger partial charge is 0.493 e. The third kappa shape index (κ3) is 4.89. The molecule has 2 heterocycles. The summed E-state index contributed by atoms with van der Waals surface area (Å²) < 4.78 is 21.2. The Labute approximate surface area is 188 Å². The molecule has 32 heavy (non-hydrogen) atoms. The summed E-state index contributed by atoms with van der Waals surface area (Å²) in [5, 5.41) is 3.02. The van der Waals surface area contributed by atoms with Crippen molar-refractivity contribution in [1.82, 2.24) is 15.2 Å². The number of aryl methyl sites for hydroxylation is 1. The zero-order valence-corrected chi connectivity index (χ0v) is 19.2. The molecular weight excluding hydrogens is 414 g/mol. The average Bonchev–Trinajstić information content (AvgIpc) is 3.12. The Morgan fingerprint density at radius 3 is 2.44 bits per heavy atom. The van der Waals surface area contributed by atoms with E-state index in [0.717, 1.165) is 18.7 Å². The van der Waals surface area contributed by atoms with E-state index in [1.807, 2.05) is 18.2 Å². The van der Waals surface area contributed by atoms with Gasteiger partial charge >= 0.3 is 5.97 Å². The fourth-order valence-electron chi connectivity index (χ4n) is 4.07. The number of morpholine rings is 1. The predicted molar refractivity (Wildman–Crippen MR) is 119 cm³/mol. The highest BCUT2D eigenvalue weighted by Crippen LogP contribution is 2.32. The average molecular weight is 446 g/mol. The van der Waals surface area contributed by atoms with Crippen molar-refractivity contribution in [2.75, 3.05) is 54.2 Å². The number of aromatic nitrogens is 1. The highest BCUT2D eigenvalue weighted by atomic mass is 16.5. The Kier molecular flexibility index (Phi) is 7.76. The lowest BCUT2D eigenvalue weighted by Gasteiger charge is -2.35. The molecule has 1 fully saturated rings. The minimum absolute atomic E-state index is 0.0842. The maximum absolute atomic E-state index is 13.0. The van der Waals surface area contributed by atoms with Gasteiger partial charge in [-0.05, 0) is 37.1 Å². The second-order valence-electron chi connectivity index (χ2n) is 7.61. The van der Waals surface area contributed by atoms with Crippen LogP contribution in [-0.2, 0) is 9.47 Å². The number of methoxy groups -OCH3 is 3. The Bertz CT molecular complexity index is 965. The maximum atomic E-state index is 13.0. The first-order chi connectivity index (χ1) is 15.4. The van der Waals surface area contributed by atoms with Gasteiger partial charge in [-0.2, -0.15) is 0 Å². The van der Waals surface area contributed by atoms with Crippen molar-refractivity contribution in [2.45, 2.75) is 19.9 Å².